The third-order valence-electron chi connectivity index (χ3n) is 4.60. The molecule has 3 rings (SSSR count). The van der Waals surface area contributed by atoms with E-state index in [0.29, 0.717) is 17.0 Å². The summed E-state index contributed by atoms with van der Waals surface area (Å²) in [7, 11) is 0. The van der Waals surface area contributed by atoms with Crippen molar-refractivity contribution in [2.45, 2.75) is 32.4 Å². The molecule has 2 N–H and O–H groups in total. The summed E-state index contributed by atoms with van der Waals surface area (Å²) < 4.78 is 0. The fraction of sp³-hybridized carbons (Fsp3) is 0.400. The number of rotatable bonds is 7. The molecule has 0 saturated carbocycles. The number of nitrogens with one attached hydrogen (secondary N) is 2. The fourth-order valence-electron chi connectivity index (χ4n) is 3.20. The topological polar surface area (TPSA) is 61.4 Å². The van der Waals surface area contributed by atoms with Gasteiger partial charge in [0.05, 0.1) is 4.88 Å². The maximum atomic E-state index is 12.9. The lowest BCUT2D eigenvalue weighted by atomic mass is 10.1. The van der Waals surface area contributed by atoms with E-state index in [0.717, 1.165) is 38.0 Å². The van der Waals surface area contributed by atoms with Crippen molar-refractivity contribution in [1.82, 2.24) is 15.5 Å². The van der Waals surface area contributed by atoms with Gasteiger partial charge in [-0.05, 0) is 48.5 Å². The molecule has 1 unspecified atom stereocenters. The molecule has 5 nitrogen and oxygen atoms in total. The van der Waals surface area contributed by atoms with Gasteiger partial charge in [0.25, 0.3) is 11.8 Å². The Hall–Kier alpha value is -1.89. The number of carbonyl (C=O) groups excluding carboxylic acids is 2. The number of carbonyl (C=O) groups is 2. The highest BCUT2D eigenvalue weighted by molar-refractivity contribution is 7.12. The van der Waals surface area contributed by atoms with Gasteiger partial charge in [-0.3, -0.25) is 9.59 Å². The summed E-state index contributed by atoms with van der Waals surface area (Å²) in [6.45, 7) is 5.18. The van der Waals surface area contributed by atoms with E-state index in [1.807, 2.05) is 46.7 Å². The third-order valence-corrected chi connectivity index (χ3v) is 5.47. The Morgan fingerprint density at radius 3 is 2.63 bits per heavy atom. The second kappa shape index (κ2) is 10.4. The maximum absolute atomic E-state index is 12.9. The molecule has 2 heterocycles. The summed E-state index contributed by atoms with van der Waals surface area (Å²) in [6.07, 6.45) is 1.97. The zero-order valence-corrected chi connectivity index (χ0v) is 17.1. The highest BCUT2D eigenvalue weighted by atomic mass is 35.5. The predicted molar refractivity (Wildman–Crippen MR) is 112 cm³/mol. The van der Waals surface area contributed by atoms with Gasteiger partial charge in [-0.25, -0.2) is 0 Å². The Kier molecular flexibility index (Phi) is 8.28. The molecular formula is C20H26ClN3O2S. The summed E-state index contributed by atoms with van der Waals surface area (Å²) in [4.78, 5) is 27.6. The Labute approximate surface area is 170 Å². The number of thiophene rings is 1. The van der Waals surface area contributed by atoms with Crippen molar-refractivity contribution in [2.75, 3.05) is 19.6 Å². The molecule has 1 aromatic carbocycles. The lowest BCUT2D eigenvalue weighted by molar-refractivity contribution is 0.0692. The molecule has 2 amide bonds. The molecule has 1 aliphatic rings. The van der Waals surface area contributed by atoms with Crippen molar-refractivity contribution in [1.29, 1.82) is 0 Å². The minimum Gasteiger partial charge on any atom is -0.347 e. The Morgan fingerprint density at radius 2 is 2.04 bits per heavy atom. The van der Waals surface area contributed by atoms with Crippen molar-refractivity contribution < 1.29 is 9.59 Å². The molecule has 1 aromatic heterocycles. The van der Waals surface area contributed by atoms with Gasteiger partial charge in [-0.2, -0.15) is 0 Å². The molecule has 2 aromatic rings. The fourth-order valence-corrected chi connectivity index (χ4v) is 3.84. The summed E-state index contributed by atoms with van der Waals surface area (Å²) in [5.74, 6) is 0.0257. The SMILES string of the molecule is CCCN(C(=O)c1ccc(CNC(=O)c2cccs2)cc1)C1CCNC1.Cl. The van der Waals surface area contributed by atoms with Gasteiger partial charge in [0.1, 0.15) is 0 Å². The van der Waals surface area contributed by atoms with Crippen LogP contribution in [0.3, 0.4) is 0 Å². The Morgan fingerprint density at radius 1 is 1.26 bits per heavy atom. The van der Waals surface area contributed by atoms with Crippen molar-refractivity contribution in [3.05, 3.63) is 57.8 Å². The first kappa shape index (κ1) is 21.4. The molecule has 7 heteroatoms. The van der Waals surface area contributed by atoms with Crippen LogP contribution >= 0.6 is 23.7 Å². The molecule has 1 fully saturated rings. The zero-order chi connectivity index (χ0) is 18.4. The number of amides is 2. The van der Waals surface area contributed by atoms with Crippen LogP contribution in [-0.2, 0) is 6.54 Å². The van der Waals surface area contributed by atoms with E-state index in [4.69, 9.17) is 0 Å². The summed E-state index contributed by atoms with van der Waals surface area (Å²) in [5.41, 5.74) is 1.69. The Bertz CT molecular complexity index is 728. The lowest BCUT2D eigenvalue weighted by Gasteiger charge is -2.28. The average molecular weight is 408 g/mol. The van der Waals surface area contributed by atoms with E-state index in [2.05, 4.69) is 17.6 Å². The Balaban J connectivity index is 0.00000261. The molecule has 146 valence electrons. The van der Waals surface area contributed by atoms with Crippen LogP contribution in [0, 0.1) is 0 Å². The second-order valence-electron chi connectivity index (χ2n) is 6.50. The molecule has 0 spiro atoms. The normalized spacial score (nSPS) is 15.8. The first-order valence-corrected chi connectivity index (χ1v) is 9.99. The molecule has 0 bridgehead atoms. The largest absolute Gasteiger partial charge is 0.347 e. The summed E-state index contributed by atoms with van der Waals surface area (Å²) in [6, 6.07) is 11.5. The first-order valence-electron chi connectivity index (χ1n) is 9.11. The van der Waals surface area contributed by atoms with Crippen molar-refractivity contribution >= 4 is 35.6 Å². The van der Waals surface area contributed by atoms with Gasteiger partial charge in [-0.15, -0.1) is 23.7 Å². The molecule has 27 heavy (non-hydrogen) atoms. The monoisotopic (exact) mass is 407 g/mol. The van der Waals surface area contributed by atoms with E-state index < -0.39 is 0 Å². The number of hydrogen-bond acceptors (Lipinski definition) is 4. The molecule has 0 aliphatic carbocycles. The molecular weight excluding hydrogens is 382 g/mol. The van der Waals surface area contributed by atoms with Crippen LogP contribution in [-0.4, -0.2) is 42.4 Å². The van der Waals surface area contributed by atoms with Gasteiger partial charge in [0.15, 0.2) is 0 Å². The van der Waals surface area contributed by atoms with Crippen LogP contribution in [0.2, 0.25) is 0 Å². The summed E-state index contributed by atoms with van der Waals surface area (Å²) >= 11 is 1.42. The van der Waals surface area contributed by atoms with E-state index in [-0.39, 0.29) is 30.3 Å². The van der Waals surface area contributed by atoms with Crippen molar-refractivity contribution in [2.24, 2.45) is 0 Å². The van der Waals surface area contributed by atoms with E-state index >= 15 is 0 Å². The van der Waals surface area contributed by atoms with Crippen LogP contribution in [0.25, 0.3) is 0 Å². The highest BCUT2D eigenvalue weighted by Crippen LogP contribution is 2.15. The second-order valence-corrected chi connectivity index (χ2v) is 7.45. The van der Waals surface area contributed by atoms with Gasteiger partial charge in [0, 0.05) is 31.2 Å². The van der Waals surface area contributed by atoms with Crippen molar-refractivity contribution in [3.63, 3.8) is 0 Å². The van der Waals surface area contributed by atoms with Crippen LogP contribution in [0.1, 0.15) is 45.4 Å². The highest BCUT2D eigenvalue weighted by Gasteiger charge is 2.26. The van der Waals surface area contributed by atoms with E-state index in [1.165, 1.54) is 11.3 Å². The van der Waals surface area contributed by atoms with E-state index in [9.17, 15) is 9.59 Å². The standard InChI is InChI=1S/C20H25N3O2S.ClH/c1-2-11-23(17-9-10-21-14-17)20(25)16-7-5-15(6-8-16)13-22-19(24)18-4-3-12-26-18;/h3-8,12,17,21H,2,9-11,13-14H2,1H3,(H,22,24);1H. The van der Waals surface area contributed by atoms with Gasteiger partial charge >= 0.3 is 0 Å². The first-order chi connectivity index (χ1) is 12.7. The minimum atomic E-state index is -0.0667. The quantitative estimate of drug-likeness (QED) is 0.740. The lowest BCUT2D eigenvalue weighted by Crippen LogP contribution is -2.42. The van der Waals surface area contributed by atoms with Crippen LogP contribution < -0.4 is 10.6 Å². The number of hydrogen-bond donors (Lipinski definition) is 2. The summed E-state index contributed by atoms with van der Waals surface area (Å²) in [5, 5.41) is 8.12. The molecule has 1 saturated heterocycles. The van der Waals surface area contributed by atoms with Gasteiger partial charge < -0.3 is 15.5 Å². The predicted octanol–water partition coefficient (Wildman–Crippen LogP) is 3.31. The zero-order valence-electron chi connectivity index (χ0n) is 15.4. The maximum Gasteiger partial charge on any atom is 0.261 e. The van der Waals surface area contributed by atoms with Gasteiger partial charge in [0.2, 0.25) is 0 Å². The van der Waals surface area contributed by atoms with E-state index in [1.54, 1.807) is 0 Å². The van der Waals surface area contributed by atoms with Crippen LogP contribution in [0.5, 0.6) is 0 Å². The van der Waals surface area contributed by atoms with Crippen molar-refractivity contribution in [3.8, 4) is 0 Å². The molecule has 1 atom stereocenters. The van der Waals surface area contributed by atoms with Gasteiger partial charge in [-0.1, -0.05) is 25.1 Å². The number of halogens is 1. The third kappa shape index (κ3) is 5.54. The van der Waals surface area contributed by atoms with Crippen LogP contribution in [0.4, 0.5) is 0 Å². The van der Waals surface area contributed by atoms with Crippen LogP contribution in [0.15, 0.2) is 41.8 Å². The number of benzene rings is 1. The molecule has 1 aliphatic heterocycles. The minimum absolute atomic E-state index is 0. The smallest absolute Gasteiger partial charge is 0.261 e. The average Bonchev–Trinajstić information content (AvgIpc) is 3.38. The number of nitrogens with zero attached hydrogens (tertiary/aromatic N) is 1. The molecule has 0 radical (unpaired) electrons.